The first-order valence-electron chi connectivity index (χ1n) is 12.2. The lowest BCUT2D eigenvalue weighted by Gasteiger charge is -2.20. The van der Waals surface area contributed by atoms with Crippen molar-refractivity contribution in [3.8, 4) is 5.75 Å². The summed E-state index contributed by atoms with van der Waals surface area (Å²) in [5.74, 6) is 0.647. The van der Waals surface area contributed by atoms with Crippen LogP contribution in [0, 0.1) is 12.7 Å². The Labute approximate surface area is 228 Å². The molecule has 4 aromatic rings. The Hall–Kier alpha value is -4.19. The van der Waals surface area contributed by atoms with Crippen LogP contribution in [0.4, 0.5) is 26.4 Å². The number of aryl methyl sites for hydroxylation is 1. The minimum absolute atomic E-state index is 0.00294. The molecule has 3 N–H and O–H groups in total. The molecule has 1 aliphatic heterocycles. The summed E-state index contributed by atoms with van der Waals surface area (Å²) in [4.78, 5) is 16.7. The standard InChI is InChI=1S/C27H26ClFN6O4/c1-17-23(34-27(36)38-9-7-21-15-37-10-8-30-21)13-35-25(17)26(31-16-32-35)33-20-5-6-24(22(28)12-20)39-14-18-3-2-4-19(29)11-18/h2-7,9,11-13,16,21,30H,8,10,14-15H2,1H3,(H,34,36)(H,31,32,33)/b9-7+. The van der Waals surface area contributed by atoms with Gasteiger partial charge < -0.3 is 24.8 Å². The number of aromatic nitrogens is 3. The fraction of sp³-hybridized carbons (Fsp3) is 0.222. The van der Waals surface area contributed by atoms with E-state index >= 15 is 0 Å². The number of amides is 1. The van der Waals surface area contributed by atoms with Crippen LogP contribution < -0.4 is 20.7 Å². The van der Waals surface area contributed by atoms with E-state index in [1.807, 2.05) is 6.92 Å². The average molecular weight is 553 g/mol. The number of carbonyl (C=O) groups is 1. The first-order chi connectivity index (χ1) is 19.0. The quantitative estimate of drug-likeness (QED) is 0.256. The molecule has 39 heavy (non-hydrogen) atoms. The molecule has 5 rings (SSSR count). The van der Waals surface area contributed by atoms with Gasteiger partial charge in [-0.3, -0.25) is 5.32 Å². The molecule has 1 fully saturated rings. The smallest absolute Gasteiger partial charge is 0.416 e. The summed E-state index contributed by atoms with van der Waals surface area (Å²) in [5, 5.41) is 13.8. The zero-order chi connectivity index (χ0) is 27.2. The largest absolute Gasteiger partial charge is 0.487 e. The van der Waals surface area contributed by atoms with Crippen LogP contribution in [-0.2, 0) is 16.1 Å². The fourth-order valence-electron chi connectivity index (χ4n) is 4.04. The molecule has 0 saturated carbocycles. The SMILES string of the molecule is Cc1c(NC(=O)O/C=C/C2COCCN2)cn2ncnc(Nc3ccc(OCc4cccc(F)c4)c(Cl)c3)c12. The maximum atomic E-state index is 13.4. The number of ether oxygens (including phenoxy) is 3. The third kappa shape index (κ3) is 6.63. The molecule has 1 amide bonds. The number of anilines is 3. The summed E-state index contributed by atoms with van der Waals surface area (Å²) < 4.78 is 31.3. The van der Waals surface area contributed by atoms with Crippen molar-refractivity contribution in [3.63, 3.8) is 0 Å². The number of fused-ring (bicyclic) bond motifs is 1. The molecule has 0 bridgehead atoms. The minimum atomic E-state index is -0.634. The number of halogens is 2. The molecule has 2 aromatic heterocycles. The molecule has 0 spiro atoms. The lowest BCUT2D eigenvalue weighted by atomic mass is 10.2. The van der Waals surface area contributed by atoms with E-state index in [0.29, 0.717) is 52.3 Å². The number of morpholine rings is 1. The van der Waals surface area contributed by atoms with Gasteiger partial charge in [0.2, 0.25) is 0 Å². The van der Waals surface area contributed by atoms with Gasteiger partial charge in [0.1, 0.15) is 30.0 Å². The Bertz CT molecular complexity index is 1510. The summed E-state index contributed by atoms with van der Waals surface area (Å²) in [6.07, 6.45) is 5.52. The molecule has 1 unspecified atom stereocenters. The van der Waals surface area contributed by atoms with E-state index in [9.17, 15) is 9.18 Å². The van der Waals surface area contributed by atoms with Crippen LogP contribution >= 0.6 is 11.6 Å². The maximum absolute atomic E-state index is 13.4. The molecular weight excluding hydrogens is 527 g/mol. The highest BCUT2D eigenvalue weighted by atomic mass is 35.5. The number of hydrogen-bond donors (Lipinski definition) is 3. The van der Waals surface area contributed by atoms with Gasteiger partial charge in [0.05, 0.1) is 42.4 Å². The van der Waals surface area contributed by atoms with Crippen molar-refractivity contribution in [1.82, 2.24) is 19.9 Å². The maximum Gasteiger partial charge on any atom is 0.416 e. The number of nitrogens with one attached hydrogen (secondary N) is 3. The third-order valence-electron chi connectivity index (χ3n) is 5.98. The van der Waals surface area contributed by atoms with Gasteiger partial charge in [-0.25, -0.2) is 18.7 Å². The summed E-state index contributed by atoms with van der Waals surface area (Å²) in [6.45, 7) is 3.96. The van der Waals surface area contributed by atoms with E-state index in [-0.39, 0.29) is 18.5 Å². The van der Waals surface area contributed by atoms with Crippen molar-refractivity contribution in [2.45, 2.75) is 19.6 Å². The van der Waals surface area contributed by atoms with E-state index in [1.54, 1.807) is 47.1 Å². The van der Waals surface area contributed by atoms with Crippen molar-refractivity contribution >= 4 is 40.4 Å². The summed E-state index contributed by atoms with van der Waals surface area (Å²) in [7, 11) is 0. The van der Waals surface area contributed by atoms with Crippen LogP contribution in [-0.4, -0.2) is 46.5 Å². The number of hydrogen-bond acceptors (Lipinski definition) is 8. The first kappa shape index (κ1) is 26.4. The minimum Gasteiger partial charge on any atom is -0.487 e. The van der Waals surface area contributed by atoms with Gasteiger partial charge in [-0.2, -0.15) is 5.10 Å². The predicted octanol–water partition coefficient (Wildman–Crippen LogP) is 5.20. The molecular formula is C27H26ClFN6O4. The molecule has 10 nitrogen and oxygen atoms in total. The highest BCUT2D eigenvalue weighted by Gasteiger charge is 2.16. The Morgan fingerprint density at radius 1 is 1.33 bits per heavy atom. The molecule has 12 heteroatoms. The Kier molecular flexibility index (Phi) is 8.21. The molecule has 202 valence electrons. The van der Waals surface area contributed by atoms with Crippen molar-refractivity contribution in [2.75, 3.05) is 30.4 Å². The second-order valence-corrected chi connectivity index (χ2v) is 9.16. The van der Waals surface area contributed by atoms with E-state index in [1.165, 1.54) is 24.7 Å². The van der Waals surface area contributed by atoms with Gasteiger partial charge in [0.15, 0.2) is 5.82 Å². The lowest BCUT2D eigenvalue weighted by Crippen LogP contribution is -2.39. The summed E-state index contributed by atoms with van der Waals surface area (Å²) in [6, 6.07) is 11.4. The van der Waals surface area contributed by atoms with E-state index in [4.69, 9.17) is 25.8 Å². The van der Waals surface area contributed by atoms with Crippen molar-refractivity contribution in [1.29, 1.82) is 0 Å². The van der Waals surface area contributed by atoms with Crippen molar-refractivity contribution < 1.29 is 23.4 Å². The van der Waals surface area contributed by atoms with E-state index in [2.05, 4.69) is 26.0 Å². The monoisotopic (exact) mass is 552 g/mol. The van der Waals surface area contributed by atoms with Gasteiger partial charge in [-0.15, -0.1) is 0 Å². The van der Waals surface area contributed by atoms with Crippen LogP contribution in [0.3, 0.4) is 0 Å². The van der Waals surface area contributed by atoms with Gasteiger partial charge in [-0.05, 0) is 48.9 Å². The van der Waals surface area contributed by atoms with Gasteiger partial charge >= 0.3 is 6.09 Å². The Morgan fingerprint density at radius 2 is 2.23 bits per heavy atom. The molecule has 1 saturated heterocycles. The summed E-state index contributed by atoms with van der Waals surface area (Å²) >= 11 is 6.44. The number of carbonyl (C=O) groups excluding carboxylic acids is 1. The lowest BCUT2D eigenvalue weighted by molar-refractivity contribution is 0.0894. The van der Waals surface area contributed by atoms with Gasteiger partial charge in [0.25, 0.3) is 0 Å². The van der Waals surface area contributed by atoms with Gasteiger partial charge in [-0.1, -0.05) is 23.7 Å². The summed E-state index contributed by atoms with van der Waals surface area (Å²) in [5.41, 5.74) is 3.28. The molecule has 1 aliphatic rings. The van der Waals surface area contributed by atoms with Crippen LogP contribution in [0.5, 0.6) is 5.75 Å². The molecule has 0 aliphatic carbocycles. The van der Waals surface area contributed by atoms with Crippen molar-refractivity contribution in [3.05, 3.63) is 89.3 Å². The van der Waals surface area contributed by atoms with E-state index in [0.717, 1.165) is 12.1 Å². The second-order valence-electron chi connectivity index (χ2n) is 8.75. The number of rotatable bonds is 8. The zero-order valence-electron chi connectivity index (χ0n) is 21.0. The van der Waals surface area contributed by atoms with E-state index < -0.39 is 6.09 Å². The molecule has 3 heterocycles. The van der Waals surface area contributed by atoms with Crippen LogP contribution in [0.15, 0.2) is 67.3 Å². The third-order valence-corrected chi connectivity index (χ3v) is 6.27. The molecule has 1 atom stereocenters. The average Bonchev–Trinajstić information content (AvgIpc) is 3.24. The number of benzene rings is 2. The van der Waals surface area contributed by atoms with Crippen LogP contribution in [0.25, 0.3) is 5.52 Å². The Balaban J connectivity index is 1.25. The predicted molar refractivity (Wildman–Crippen MR) is 145 cm³/mol. The Morgan fingerprint density at radius 3 is 3.03 bits per heavy atom. The molecule has 2 aromatic carbocycles. The molecule has 0 radical (unpaired) electrons. The van der Waals surface area contributed by atoms with Crippen LogP contribution in [0.2, 0.25) is 5.02 Å². The first-order valence-corrected chi connectivity index (χ1v) is 12.6. The normalized spacial score (nSPS) is 15.4. The fourth-order valence-corrected chi connectivity index (χ4v) is 4.28. The number of nitrogens with zero attached hydrogens (tertiary/aromatic N) is 3. The topological polar surface area (TPSA) is 111 Å². The zero-order valence-corrected chi connectivity index (χ0v) is 21.7. The van der Waals surface area contributed by atoms with Crippen molar-refractivity contribution in [2.24, 2.45) is 0 Å². The van der Waals surface area contributed by atoms with Crippen LogP contribution in [0.1, 0.15) is 11.1 Å². The van der Waals surface area contributed by atoms with Gasteiger partial charge in [0, 0.05) is 17.8 Å². The highest BCUT2D eigenvalue weighted by molar-refractivity contribution is 6.32. The second kappa shape index (κ2) is 12.1. The highest BCUT2D eigenvalue weighted by Crippen LogP contribution is 2.32.